The zero-order valence-electron chi connectivity index (χ0n) is 11.5. The van der Waals surface area contributed by atoms with E-state index < -0.39 is 0 Å². The van der Waals surface area contributed by atoms with Crippen molar-refractivity contribution in [2.45, 2.75) is 19.5 Å². The summed E-state index contributed by atoms with van der Waals surface area (Å²) < 4.78 is 14.2. The zero-order chi connectivity index (χ0) is 13.8. The molecular formula is C15H19FN2S. The van der Waals surface area contributed by atoms with Gasteiger partial charge in [0.2, 0.25) is 0 Å². The SMILES string of the molecule is CNC(C)c1ccc(N(C)Cc2ccsc2)c(F)c1. The van der Waals surface area contributed by atoms with E-state index in [4.69, 9.17) is 0 Å². The van der Waals surface area contributed by atoms with Crippen molar-refractivity contribution in [1.82, 2.24) is 5.32 Å². The third kappa shape index (κ3) is 3.33. The molecule has 1 N–H and O–H groups in total. The van der Waals surface area contributed by atoms with Gasteiger partial charge in [0.25, 0.3) is 0 Å². The Morgan fingerprint density at radius 2 is 2.16 bits per heavy atom. The molecule has 2 rings (SSSR count). The van der Waals surface area contributed by atoms with Crippen molar-refractivity contribution in [3.05, 3.63) is 52.0 Å². The lowest BCUT2D eigenvalue weighted by molar-refractivity contribution is 0.605. The van der Waals surface area contributed by atoms with Gasteiger partial charge in [-0.3, -0.25) is 0 Å². The Balaban J connectivity index is 2.16. The van der Waals surface area contributed by atoms with Crippen LogP contribution in [0.4, 0.5) is 10.1 Å². The van der Waals surface area contributed by atoms with Gasteiger partial charge < -0.3 is 10.2 Å². The lowest BCUT2D eigenvalue weighted by Crippen LogP contribution is -2.18. The Kier molecular flexibility index (Phi) is 4.56. The summed E-state index contributed by atoms with van der Waals surface area (Å²) in [7, 11) is 3.79. The second-order valence-corrected chi connectivity index (χ2v) is 5.49. The third-order valence-corrected chi connectivity index (χ3v) is 4.05. The van der Waals surface area contributed by atoms with Gasteiger partial charge in [0.15, 0.2) is 0 Å². The molecule has 19 heavy (non-hydrogen) atoms. The van der Waals surface area contributed by atoms with Crippen molar-refractivity contribution in [1.29, 1.82) is 0 Å². The zero-order valence-corrected chi connectivity index (χ0v) is 12.3. The van der Waals surface area contributed by atoms with Crippen molar-refractivity contribution in [2.24, 2.45) is 0 Å². The number of rotatable bonds is 5. The molecule has 0 bridgehead atoms. The van der Waals surface area contributed by atoms with Crippen molar-refractivity contribution in [2.75, 3.05) is 19.0 Å². The summed E-state index contributed by atoms with van der Waals surface area (Å²) in [4.78, 5) is 1.94. The number of halogens is 1. The molecule has 1 unspecified atom stereocenters. The van der Waals surface area contributed by atoms with Crippen LogP contribution in [0.1, 0.15) is 24.1 Å². The highest BCUT2D eigenvalue weighted by Crippen LogP contribution is 2.24. The Bertz CT molecular complexity index is 525. The molecule has 0 aliphatic rings. The number of nitrogens with one attached hydrogen (secondary N) is 1. The molecule has 102 valence electrons. The molecule has 0 amide bonds. The molecule has 0 aliphatic heterocycles. The first-order valence-corrected chi connectivity index (χ1v) is 7.25. The molecule has 2 aromatic rings. The first kappa shape index (κ1) is 14.0. The van der Waals surface area contributed by atoms with Gasteiger partial charge in [0, 0.05) is 19.6 Å². The van der Waals surface area contributed by atoms with E-state index in [-0.39, 0.29) is 11.9 Å². The average molecular weight is 278 g/mol. The number of hydrogen-bond donors (Lipinski definition) is 1. The Hall–Kier alpha value is -1.39. The number of thiophene rings is 1. The summed E-state index contributed by atoms with van der Waals surface area (Å²) in [6, 6.07) is 7.66. The number of nitrogens with zero attached hydrogens (tertiary/aromatic N) is 1. The van der Waals surface area contributed by atoms with Crippen LogP contribution in [0.25, 0.3) is 0 Å². The second-order valence-electron chi connectivity index (χ2n) is 4.71. The van der Waals surface area contributed by atoms with Gasteiger partial charge >= 0.3 is 0 Å². The average Bonchev–Trinajstić information content (AvgIpc) is 2.90. The quantitative estimate of drug-likeness (QED) is 0.895. The van der Waals surface area contributed by atoms with E-state index >= 15 is 0 Å². The molecule has 0 aliphatic carbocycles. The molecule has 1 aromatic carbocycles. The van der Waals surface area contributed by atoms with Gasteiger partial charge in [-0.15, -0.1) is 0 Å². The molecule has 0 fully saturated rings. The van der Waals surface area contributed by atoms with Crippen LogP contribution >= 0.6 is 11.3 Å². The van der Waals surface area contributed by atoms with E-state index in [1.807, 2.05) is 43.4 Å². The highest BCUT2D eigenvalue weighted by atomic mass is 32.1. The van der Waals surface area contributed by atoms with E-state index in [1.54, 1.807) is 17.4 Å². The van der Waals surface area contributed by atoms with Crippen molar-refractivity contribution in [3.8, 4) is 0 Å². The van der Waals surface area contributed by atoms with Gasteiger partial charge in [-0.05, 0) is 54.1 Å². The van der Waals surface area contributed by atoms with Crippen LogP contribution in [-0.2, 0) is 6.54 Å². The molecule has 1 aromatic heterocycles. The normalized spacial score (nSPS) is 12.4. The summed E-state index contributed by atoms with van der Waals surface area (Å²) >= 11 is 1.66. The van der Waals surface area contributed by atoms with Crippen molar-refractivity contribution < 1.29 is 4.39 Å². The summed E-state index contributed by atoms with van der Waals surface area (Å²) in [6.45, 7) is 2.74. The first-order chi connectivity index (χ1) is 9.11. The molecule has 1 atom stereocenters. The van der Waals surface area contributed by atoms with Crippen LogP contribution in [0.15, 0.2) is 35.0 Å². The summed E-state index contributed by atoms with van der Waals surface area (Å²) in [5, 5.41) is 7.24. The lowest BCUT2D eigenvalue weighted by Gasteiger charge is -2.21. The largest absolute Gasteiger partial charge is 0.368 e. The minimum Gasteiger partial charge on any atom is -0.368 e. The van der Waals surface area contributed by atoms with Crippen LogP contribution in [-0.4, -0.2) is 14.1 Å². The van der Waals surface area contributed by atoms with Gasteiger partial charge in [-0.25, -0.2) is 4.39 Å². The molecule has 0 spiro atoms. The maximum absolute atomic E-state index is 14.2. The predicted molar refractivity (Wildman–Crippen MR) is 80.3 cm³/mol. The third-order valence-electron chi connectivity index (χ3n) is 3.32. The Morgan fingerprint density at radius 1 is 1.37 bits per heavy atom. The van der Waals surface area contributed by atoms with E-state index in [2.05, 4.69) is 16.8 Å². The fraction of sp³-hybridized carbons (Fsp3) is 0.333. The van der Waals surface area contributed by atoms with Crippen LogP contribution < -0.4 is 10.2 Å². The topological polar surface area (TPSA) is 15.3 Å². The molecule has 2 nitrogen and oxygen atoms in total. The lowest BCUT2D eigenvalue weighted by atomic mass is 10.1. The van der Waals surface area contributed by atoms with Crippen molar-refractivity contribution in [3.63, 3.8) is 0 Å². The molecule has 4 heteroatoms. The second kappa shape index (κ2) is 6.17. The number of anilines is 1. The fourth-order valence-corrected chi connectivity index (χ4v) is 2.67. The minimum atomic E-state index is -0.169. The maximum atomic E-state index is 14.2. The standard InChI is InChI=1S/C15H19FN2S/c1-11(17-2)13-4-5-15(14(16)8-13)18(3)9-12-6-7-19-10-12/h4-8,10-11,17H,9H2,1-3H3. The minimum absolute atomic E-state index is 0.158. The number of hydrogen-bond acceptors (Lipinski definition) is 3. The van der Waals surface area contributed by atoms with Crippen LogP contribution in [0.2, 0.25) is 0 Å². The van der Waals surface area contributed by atoms with Gasteiger partial charge in [0.1, 0.15) is 5.82 Å². The van der Waals surface area contributed by atoms with Crippen LogP contribution in [0, 0.1) is 5.82 Å². The maximum Gasteiger partial charge on any atom is 0.146 e. The van der Waals surface area contributed by atoms with Gasteiger partial charge in [0.05, 0.1) is 5.69 Å². The molecule has 0 radical (unpaired) electrons. The van der Waals surface area contributed by atoms with Crippen LogP contribution in [0.3, 0.4) is 0 Å². The fourth-order valence-electron chi connectivity index (χ4n) is 2.01. The molecule has 0 saturated carbocycles. The monoisotopic (exact) mass is 278 g/mol. The number of benzene rings is 1. The summed E-state index contributed by atoms with van der Waals surface area (Å²) in [6.07, 6.45) is 0. The van der Waals surface area contributed by atoms with Gasteiger partial charge in [-0.2, -0.15) is 11.3 Å². The van der Waals surface area contributed by atoms with E-state index in [1.165, 1.54) is 5.56 Å². The highest BCUT2D eigenvalue weighted by Gasteiger charge is 2.11. The molecular weight excluding hydrogens is 259 g/mol. The van der Waals surface area contributed by atoms with E-state index in [0.717, 1.165) is 12.1 Å². The molecule has 0 saturated heterocycles. The smallest absolute Gasteiger partial charge is 0.146 e. The van der Waals surface area contributed by atoms with E-state index in [0.29, 0.717) is 5.69 Å². The molecule has 1 heterocycles. The Labute approximate surface area is 117 Å². The Morgan fingerprint density at radius 3 is 2.74 bits per heavy atom. The summed E-state index contributed by atoms with van der Waals surface area (Å²) in [5.41, 5.74) is 2.81. The van der Waals surface area contributed by atoms with Gasteiger partial charge in [-0.1, -0.05) is 6.07 Å². The van der Waals surface area contributed by atoms with E-state index in [9.17, 15) is 4.39 Å². The van der Waals surface area contributed by atoms with Crippen molar-refractivity contribution >= 4 is 17.0 Å². The predicted octanol–water partition coefficient (Wildman–Crippen LogP) is 3.80. The van der Waals surface area contributed by atoms with Crippen LogP contribution in [0.5, 0.6) is 0 Å². The highest BCUT2D eigenvalue weighted by molar-refractivity contribution is 7.07. The summed E-state index contributed by atoms with van der Waals surface area (Å²) in [5.74, 6) is -0.169. The first-order valence-electron chi connectivity index (χ1n) is 6.30.